The highest BCUT2D eigenvalue weighted by Crippen LogP contribution is 2.30. The normalized spacial score (nSPS) is 22.8. The molecule has 0 spiro atoms. The largest absolute Gasteiger partial charge is 0.478 e. The number of esters is 1. The fourth-order valence-electron chi connectivity index (χ4n) is 2.12. The van der Waals surface area contributed by atoms with E-state index in [4.69, 9.17) is 9.84 Å². The second-order valence-corrected chi connectivity index (χ2v) is 4.40. The first-order chi connectivity index (χ1) is 7.98. The molecule has 0 aliphatic carbocycles. The molecule has 2 rings (SSSR count). The Morgan fingerprint density at radius 3 is 2.82 bits per heavy atom. The van der Waals surface area contributed by atoms with Gasteiger partial charge in [0, 0.05) is 6.42 Å². The maximum Gasteiger partial charge on any atom is 0.348 e. The Kier molecular flexibility index (Phi) is 2.65. The predicted octanol–water partition coefficient (Wildman–Crippen LogP) is 1.81. The number of carboxylic acids is 1. The number of rotatable bonds is 2. The number of ether oxygens (including phenoxy) is 1. The summed E-state index contributed by atoms with van der Waals surface area (Å²) in [4.78, 5) is 22.9. The molecule has 0 radical (unpaired) electrons. The molecule has 1 N–H and O–H groups in total. The lowest BCUT2D eigenvalue weighted by Crippen LogP contribution is -2.46. The van der Waals surface area contributed by atoms with Gasteiger partial charge in [-0.3, -0.25) is 0 Å². The molecule has 0 aromatic heterocycles. The zero-order valence-electron chi connectivity index (χ0n) is 9.82. The summed E-state index contributed by atoms with van der Waals surface area (Å²) in [5.74, 6) is -1.66. The van der Waals surface area contributed by atoms with Gasteiger partial charge in [-0.2, -0.15) is 0 Å². The molecule has 0 saturated heterocycles. The molecule has 1 heterocycles. The molecular weight excluding hydrogens is 220 g/mol. The van der Waals surface area contributed by atoms with Crippen molar-refractivity contribution in [3.8, 4) is 0 Å². The molecule has 4 nitrogen and oxygen atoms in total. The van der Waals surface area contributed by atoms with E-state index in [1.165, 1.54) is 6.92 Å². The molecular formula is C13H14O4. The number of carbonyl (C=O) groups excluding carboxylic acids is 1. The molecule has 1 aliphatic heterocycles. The van der Waals surface area contributed by atoms with Crippen molar-refractivity contribution in [2.24, 2.45) is 0 Å². The average molecular weight is 234 g/mol. The van der Waals surface area contributed by atoms with Crippen LogP contribution in [0.1, 0.15) is 35.3 Å². The molecule has 0 amide bonds. The van der Waals surface area contributed by atoms with E-state index in [-0.39, 0.29) is 6.42 Å². The summed E-state index contributed by atoms with van der Waals surface area (Å²) in [5.41, 5.74) is 0.848. The standard InChI is InChI=1S/C13H14O4/c1-3-8-5-4-6-9-10(8)7-13(2,12(15)16)17-11(9)14/h4-6H,3,7H2,1-2H3,(H,15,16). The van der Waals surface area contributed by atoms with Crippen LogP contribution in [0.25, 0.3) is 0 Å². The first-order valence-corrected chi connectivity index (χ1v) is 5.55. The molecule has 17 heavy (non-hydrogen) atoms. The summed E-state index contributed by atoms with van der Waals surface area (Å²) < 4.78 is 5.02. The maximum absolute atomic E-state index is 11.8. The van der Waals surface area contributed by atoms with Crippen molar-refractivity contribution < 1.29 is 19.4 Å². The molecule has 0 fully saturated rings. The van der Waals surface area contributed by atoms with Crippen molar-refractivity contribution >= 4 is 11.9 Å². The van der Waals surface area contributed by atoms with E-state index >= 15 is 0 Å². The third kappa shape index (κ3) is 1.79. The minimum Gasteiger partial charge on any atom is -0.478 e. The summed E-state index contributed by atoms with van der Waals surface area (Å²) in [6.45, 7) is 3.41. The number of aryl methyl sites for hydroxylation is 1. The molecule has 1 aromatic rings. The smallest absolute Gasteiger partial charge is 0.348 e. The van der Waals surface area contributed by atoms with Gasteiger partial charge in [0.2, 0.25) is 5.60 Å². The summed E-state index contributed by atoms with van der Waals surface area (Å²) in [6.07, 6.45) is 1.000. The fourth-order valence-corrected chi connectivity index (χ4v) is 2.12. The summed E-state index contributed by atoms with van der Waals surface area (Å²) >= 11 is 0. The second-order valence-electron chi connectivity index (χ2n) is 4.40. The number of hydrogen-bond acceptors (Lipinski definition) is 3. The minimum atomic E-state index is -1.45. The van der Waals surface area contributed by atoms with Gasteiger partial charge >= 0.3 is 11.9 Å². The van der Waals surface area contributed by atoms with E-state index in [0.29, 0.717) is 5.56 Å². The second kappa shape index (κ2) is 3.87. The Bertz CT molecular complexity index is 492. The van der Waals surface area contributed by atoms with Crippen molar-refractivity contribution in [3.05, 3.63) is 34.9 Å². The topological polar surface area (TPSA) is 63.6 Å². The Balaban J connectivity index is 2.55. The number of carboxylic acid groups (broad SMARTS) is 1. The van der Waals surface area contributed by atoms with Crippen LogP contribution in [0.15, 0.2) is 18.2 Å². The van der Waals surface area contributed by atoms with Crippen molar-refractivity contribution in [2.45, 2.75) is 32.3 Å². The maximum atomic E-state index is 11.8. The number of hydrogen-bond donors (Lipinski definition) is 1. The summed E-state index contributed by atoms with van der Waals surface area (Å²) in [5, 5.41) is 9.13. The number of cyclic esters (lactones) is 1. The molecule has 1 unspecified atom stereocenters. The zero-order chi connectivity index (χ0) is 12.6. The molecule has 1 atom stereocenters. The molecule has 4 heteroatoms. The molecule has 90 valence electrons. The summed E-state index contributed by atoms with van der Waals surface area (Å²) in [6, 6.07) is 5.39. The van der Waals surface area contributed by atoms with Gasteiger partial charge in [-0.1, -0.05) is 19.1 Å². The van der Waals surface area contributed by atoms with Gasteiger partial charge in [0.1, 0.15) is 0 Å². The first kappa shape index (κ1) is 11.6. The number of fused-ring (bicyclic) bond motifs is 1. The monoisotopic (exact) mass is 234 g/mol. The fraction of sp³-hybridized carbons (Fsp3) is 0.385. The van der Waals surface area contributed by atoms with Crippen LogP contribution >= 0.6 is 0 Å². The van der Waals surface area contributed by atoms with Gasteiger partial charge in [0.05, 0.1) is 5.56 Å². The lowest BCUT2D eigenvalue weighted by molar-refractivity contribution is -0.158. The Morgan fingerprint density at radius 2 is 2.24 bits per heavy atom. The SMILES string of the molecule is CCc1cccc2c1CC(C)(C(=O)O)OC2=O. The van der Waals surface area contributed by atoms with Gasteiger partial charge in [-0.15, -0.1) is 0 Å². The lowest BCUT2D eigenvalue weighted by atomic mass is 9.86. The third-order valence-electron chi connectivity index (χ3n) is 3.16. The van der Waals surface area contributed by atoms with E-state index in [0.717, 1.165) is 17.5 Å². The van der Waals surface area contributed by atoms with Crippen LogP contribution in [0.4, 0.5) is 0 Å². The number of carbonyl (C=O) groups is 2. The van der Waals surface area contributed by atoms with Gasteiger partial charge in [0.25, 0.3) is 0 Å². The predicted molar refractivity (Wildman–Crippen MR) is 61.0 cm³/mol. The van der Waals surface area contributed by atoms with Gasteiger partial charge in [-0.05, 0) is 30.5 Å². The van der Waals surface area contributed by atoms with Crippen LogP contribution in [0.2, 0.25) is 0 Å². The first-order valence-electron chi connectivity index (χ1n) is 5.55. The summed E-state index contributed by atoms with van der Waals surface area (Å²) in [7, 11) is 0. The van der Waals surface area contributed by atoms with Crippen LogP contribution in [-0.2, 0) is 22.4 Å². The van der Waals surface area contributed by atoms with Crippen LogP contribution in [-0.4, -0.2) is 22.6 Å². The number of benzene rings is 1. The van der Waals surface area contributed by atoms with Crippen molar-refractivity contribution in [2.75, 3.05) is 0 Å². The van der Waals surface area contributed by atoms with Gasteiger partial charge in [-0.25, -0.2) is 9.59 Å². The van der Waals surface area contributed by atoms with Crippen molar-refractivity contribution in [3.63, 3.8) is 0 Å². The average Bonchev–Trinajstić information content (AvgIpc) is 2.28. The molecule has 1 aromatic carbocycles. The van der Waals surface area contributed by atoms with Crippen LogP contribution in [0, 0.1) is 0 Å². The highest BCUT2D eigenvalue weighted by molar-refractivity contribution is 5.96. The Hall–Kier alpha value is -1.84. The third-order valence-corrected chi connectivity index (χ3v) is 3.16. The van der Waals surface area contributed by atoms with E-state index in [1.54, 1.807) is 12.1 Å². The van der Waals surface area contributed by atoms with Crippen molar-refractivity contribution in [1.29, 1.82) is 0 Å². The van der Waals surface area contributed by atoms with E-state index in [1.807, 2.05) is 13.0 Å². The van der Waals surface area contributed by atoms with Gasteiger partial charge < -0.3 is 9.84 Å². The number of aliphatic carboxylic acids is 1. The molecule has 1 aliphatic rings. The van der Waals surface area contributed by atoms with Gasteiger partial charge in [0.15, 0.2) is 0 Å². The molecule has 0 saturated carbocycles. The quantitative estimate of drug-likeness (QED) is 0.792. The van der Waals surface area contributed by atoms with Crippen LogP contribution in [0.3, 0.4) is 0 Å². The highest BCUT2D eigenvalue weighted by Gasteiger charge is 2.43. The minimum absolute atomic E-state index is 0.230. The highest BCUT2D eigenvalue weighted by atomic mass is 16.6. The molecule has 0 bridgehead atoms. The van der Waals surface area contributed by atoms with Crippen LogP contribution < -0.4 is 0 Å². The lowest BCUT2D eigenvalue weighted by Gasteiger charge is -2.31. The van der Waals surface area contributed by atoms with E-state index in [2.05, 4.69) is 0 Å². The Labute approximate surface area is 99.2 Å². The van der Waals surface area contributed by atoms with Crippen molar-refractivity contribution in [1.82, 2.24) is 0 Å². The van der Waals surface area contributed by atoms with Crippen LogP contribution in [0.5, 0.6) is 0 Å². The van der Waals surface area contributed by atoms with E-state index < -0.39 is 17.5 Å². The van der Waals surface area contributed by atoms with E-state index in [9.17, 15) is 9.59 Å². The Morgan fingerprint density at radius 1 is 1.53 bits per heavy atom. The zero-order valence-corrected chi connectivity index (χ0v) is 9.82.